The van der Waals surface area contributed by atoms with Gasteiger partial charge in [-0.2, -0.15) is 0 Å². The number of rotatable bonds is 6. The maximum absolute atomic E-state index is 13.3. The van der Waals surface area contributed by atoms with Crippen LogP contribution in [0.5, 0.6) is 0 Å². The summed E-state index contributed by atoms with van der Waals surface area (Å²) in [6.07, 6.45) is 0.884. The summed E-state index contributed by atoms with van der Waals surface area (Å²) in [5, 5.41) is 28.9. The van der Waals surface area contributed by atoms with E-state index in [1.54, 1.807) is 16.5 Å². The summed E-state index contributed by atoms with van der Waals surface area (Å²) in [4.78, 5) is 15.7. The number of nitrogens with zero attached hydrogens (tertiary/aromatic N) is 2. The van der Waals surface area contributed by atoms with Crippen LogP contribution in [0.3, 0.4) is 0 Å². The molecule has 1 heterocycles. The quantitative estimate of drug-likeness (QED) is 0.325. The van der Waals surface area contributed by atoms with Crippen LogP contribution in [0.2, 0.25) is 6.82 Å². The van der Waals surface area contributed by atoms with Crippen molar-refractivity contribution in [3.05, 3.63) is 40.6 Å². The first-order valence-corrected chi connectivity index (χ1v) is 8.62. The van der Waals surface area contributed by atoms with Crippen molar-refractivity contribution in [2.24, 2.45) is 0 Å². The lowest BCUT2D eigenvalue weighted by atomic mass is 9.83. The van der Waals surface area contributed by atoms with E-state index in [0.29, 0.717) is 25.7 Å². The lowest BCUT2D eigenvalue weighted by Crippen LogP contribution is -2.57. The molecule has 1 unspecified atom stereocenters. The Morgan fingerprint density at radius 2 is 2.04 bits per heavy atom. The molecule has 1 fully saturated rings. The zero-order valence-corrected chi connectivity index (χ0v) is 15.4. The third kappa shape index (κ3) is 5.26. The zero-order chi connectivity index (χ0) is 20.1. The standard InChI is InChI=1S/C16H20BClF2N4O3/c1-17(27)23-2-3-24(13(8-23)9-25)14(7-21)15(18)16(26)22-12-5-10(19)4-11(20)6-12/h4-7,13,21,25,27H,2-3,8-9H2,1H3,(H,22,26)/b15-14-,21-7?. The Kier molecular flexibility index (Phi) is 7.31. The zero-order valence-electron chi connectivity index (χ0n) is 14.6. The first-order chi connectivity index (χ1) is 12.8. The van der Waals surface area contributed by atoms with E-state index in [-0.39, 0.29) is 23.0 Å². The molecule has 0 aromatic heterocycles. The molecule has 0 saturated carbocycles. The fourth-order valence-electron chi connectivity index (χ4n) is 2.89. The summed E-state index contributed by atoms with van der Waals surface area (Å²) in [6.45, 7) is 2.40. The fraction of sp³-hybridized carbons (Fsp3) is 0.375. The van der Waals surface area contributed by atoms with Gasteiger partial charge in [-0.15, -0.1) is 0 Å². The van der Waals surface area contributed by atoms with Crippen molar-refractivity contribution in [2.45, 2.75) is 12.9 Å². The van der Waals surface area contributed by atoms with Crippen LogP contribution in [-0.4, -0.2) is 71.3 Å². The van der Waals surface area contributed by atoms with Crippen LogP contribution in [0.4, 0.5) is 14.5 Å². The van der Waals surface area contributed by atoms with Crippen LogP contribution >= 0.6 is 11.6 Å². The number of halogens is 3. The van der Waals surface area contributed by atoms with Crippen molar-refractivity contribution in [3.8, 4) is 0 Å². The Labute approximate surface area is 160 Å². The summed E-state index contributed by atoms with van der Waals surface area (Å²) in [7, 11) is -0.699. The van der Waals surface area contributed by atoms with Crippen LogP contribution in [0.25, 0.3) is 0 Å². The topological polar surface area (TPSA) is 99.9 Å². The molecule has 1 saturated heterocycles. The van der Waals surface area contributed by atoms with Crippen LogP contribution in [0, 0.1) is 17.0 Å². The maximum atomic E-state index is 13.3. The average Bonchev–Trinajstić information content (AvgIpc) is 2.61. The second-order valence-corrected chi connectivity index (χ2v) is 6.49. The predicted octanol–water partition coefficient (Wildman–Crippen LogP) is 1.09. The van der Waals surface area contributed by atoms with Gasteiger partial charge in [-0.1, -0.05) is 11.6 Å². The molecule has 1 atom stereocenters. The van der Waals surface area contributed by atoms with Crippen molar-refractivity contribution in [3.63, 3.8) is 0 Å². The van der Waals surface area contributed by atoms with E-state index in [9.17, 15) is 23.7 Å². The number of carbonyl (C=O) groups excluding carboxylic acids is 1. The molecule has 0 bridgehead atoms. The number of nitrogens with one attached hydrogen (secondary N) is 2. The van der Waals surface area contributed by atoms with Gasteiger partial charge in [-0.05, 0) is 19.0 Å². The summed E-state index contributed by atoms with van der Waals surface area (Å²) >= 11 is 6.12. The van der Waals surface area contributed by atoms with Gasteiger partial charge in [-0.25, -0.2) is 8.78 Å². The normalized spacial score (nSPS) is 18.7. The van der Waals surface area contributed by atoms with Crippen LogP contribution in [0.15, 0.2) is 28.9 Å². The minimum Gasteiger partial charge on any atom is -0.437 e. The lowest BCUT2D eigenvalue weighted by molar-refractivity contribution is -0.112. The number of allylic oxidation sites excluding steroid dienone is 1. The molecule has 1 amide bonds. The van der Waals surface area contributed by atoms with Crippen molar-refractivity contribution < 1.29 is 23.7 Å². The van der Waals surface area contributed by atoms with E-state index in [0.717, 1.165) is 18.3 Å². The molecule has 7 nitrogen and oxygen atoms in total. The van der Waals surface area contributed by atoms with E-state index < -0.39 is 30.6 Å². The average molecular weight is 401 g/mol. The van der Waals surface area contributed by atoms with Crippen LogP contribution in [0.1, 0.15) is 0 Å². The van der Waals surface area contributed by atoms with E-state index >= 15 is 0 Å². The van der Waals surface area contributed by atoms with Gasteiger partial charge < -0.3 is 30.6 Å². The molecular formula is C16H20BClF2N4O3. The van der Waals surface area contributed by atoms with Gasteiger partial charge in [0.1, 0.15) is 16.7 Å². The summed E-state index contributed by atoms with van der Waals surface area (Å²) in [5.41, 5.74) is -0.0482. The van der Waals surface area contributed by atoms with Crippen molar-refractivity contribution in [2.75, 3.05) is 31.6 Å². The van der Waals surface area contributed by atoms with E-state index in [1.807, 2.05) is 0 Å². The molecule has 0 aliphatic carbocycles. The molecule has 11 heteroatoms. The Bertz CT molecular complexity index is 730. The number of aliphatic hydroxyl groups is 1. The second-order valence-electron chi connectivity index (χ2n) is 6.11. The van der Waals surface area contributed by atoms with Crippen molar-refractivity contribution in [1.82, 2.24) is 9.71 Å². The summed E-state index contributed by atoms with van der Waals surface area (Å²) in [5.74, 6) is -2.55. The molecule has 146 valence electrons. The number of piperazine rings is 1. The van der Waals surface area contributed by atoms with E-state index in [4.69, 9.17) is 17.0 Å². The van der Waals surface area contributed by atoms with E-state index in [2.05, 4.69) is 5.32 Å². The SMILES string of the molecule is CB(O)N1CCN(/C(C=N)=C(\Cl)C(=O)Nc2cc(F)cc(F)c2)C(CO)C1. The Balaban J connectivity index is 2.23. The Morgan fingerprint density at radius 1 is 1.41 bits per heavy atom. The minimum absolute atomic E-state index is 0.0651. The third-order valence-corrected chi connectivity index (χ3v) is 4.61. The first kappa shape index (κ1) is 21.3. The second kappa shape index (κ2) is 9.27. The van der Waals surface area contributed by atoms with Gasteiger partial charge in [0.15, 0.2) is 0 Å². The van der Waals surface area contributed by atoms with Gasteiger partial charge in [0.05, 0.1) is 18.3 Å². The largest absolute Gasteiger partial charge is 0.437 e. The highest BCUT2D eigenvalue weighted by Gasteiger charge is 2.32. The predicted molar refractivity (Wildman–Crippen MR) is 99.6 cm³/mol. The number of anilines is 1. The molecule has 27 heavy (non-hydrogen) atoms. The molecule has 1 aromatic rings. The van der Waals surface area contributed by atoms with Crippen molar-refractivity contribution >= 4 is 36.5 Å². The summed E-state index contributed by atoms with van der Waals surface area (Å²) < 4.78 is 26.5. The van der Waals surface area contributed by atoms with Gasteiger partial charge in [0.2, 0.25) is 0 Å². The van der Waals surface area contributed by atoms with Gasteiger partial charge >= 0.3 is 7.05 Å². The van der Waals surface area contributed by atoms with Gasteiger partial charge in [0.25, 0.3) is 5.91 Å². The molecule has 1 aromatic carbocycles. The third-order valence-electron chi connectivity index (χ3n) is 4.24. The lowest BCUT2D eigenvalue weighted by Gasteiger charge is -2.43. The number of hydrogen-bond donors (Lipinski definition) is 4. The molecule has 0 radical (unpaired) electrons. The number of benzene rings is 1. The molecule has 2 rings (SSSR count). The minimum atomic E-state index is -0.854. The van der Waals surface area contributed by atoms with Crippen LogP contribution < -0.4 is 5.32 Å². The smallest absolute Gasteiger partial charge is 0.376 e. The molecule has 1 aliphatic rings. The van der Waals surface area contributed by atoms with Gasteiger partial charge in [0, 0.05) is 37.6 Å². The highest BCUT2D eigenvalue weighted by Crippen LogP contribution is 2.22. The number of hydrogen-bond acceptors (Lipinski definition) is 6. The monoisotopic (exact) mass is 400 g/mol. The van der Waals surface area contributed by atoms with Crippen molar-refractivity contribution in [1.29, 1.82) is 5.41 Å². The van der Waals surface area contributed by atoms with Gasteiger partial charge in [-0.3, -0.25) is 4.79 Å². The molecule has 0 spiro atoms. The highest BCUT2D eigenvalue weighted by molar-refractivity contribution is 6.45. The fourth-order valence-corrected chi connectivity index (χ4v) is 3.10. The van der Waals surface area contributed by atoms with E-state index in [1.165, 1.54) is 0 Å². The Hall–Kier alpha value is -2.01. The number of aliphatic hydroxyl groups excluding tert-OH is 1. The summed E-state index contributed by atoms with van der Waals surface area (Å²) in [6, 6.07) is 2.06. The maximum Gasteiger partial charge on any atom is 0.376 e. The van der Waals surface area contributed by atoms with Crippen LogP contribution in [-0.2, 0) is 4.79 Å². The highest BCUT2D eigenvalue weighted by atomic mass is 35.5. The number of amides is 1. The number of carbonyl (C=O) groups is 1. The first-order valence-electron chi connectivity index (χ1n) is 8.24. The molecule has 4 N–H and O–H groups in total. The molecular weight excluding hydrogens is 380 g/mol. The Morgan fingerprint density at radius 3 is 2.56 bits per heavy atom. The molecule has 1 aliphatic heterocycles.